The van der Waals surface area contributed by atoms with Gasteiger partial charge in [-0.15, -0.1) is 0 Å². The third kappa shape index (κ3) is 2.01. The molecule has 0 saturated carbocycles. The van der Waals surface area contributed by atoms with Crippen molar-refractivity contribution in [3.8, 4) is 11.5 Å². The molecule has 3 heteroatoms. The molecule has 1 N–H and O–H groups in total. The SMILES string of the molecule is Cc1c(O)cc2c(c1C)OC(C)(C)C(CS)C2. The molecule has 2 rings (SSSR count). The molecule has 0 radical (unpaired) electrons. The van der Waals surface area contributed by atoms with Gasteiger partial charge < -0.3 is 9.84 Å². The number of phenols is 1. The lowest BCUT2D eigenvalue weighted by Gasteiger charge is -2.40. The Morgan fingerprint density at radius 1 is 1.41 bits per heavy atom. The fourth-order valence-electron chi connectivity index (χ4n) is 2.38. The van der Waals surface area contributed by atoms with Gasteiger partial charge in [0.25, 0.3) is 0 Å². The fourth-order valence-corrected chi connectivity index (χ4v) is 2.95. The predicted octanol–water partition coefficient (Wildman–Crippen LogP) is 3.27. The van der Waals surface area contributed by atoms with E-state index in [1.165, 1.54) is 0 Å². The van der Waals surface area contributed by atoms with E-state index in [0.29, 0.717) is 11.7 Å². The number of aromatic hydroxyl groups is 1. The monoisotopic (exact) mass is 252 g/mol. The molecule has 0 spiro atoms. The van der Waals surface area contributed by atoms with Gasteiger partial charge in [-0.2, -0.15) is 12.6 Å². The van der Waals surface area contributed by atoms with E-state index in [-0.39, 0.29) is 5.60 Å². The number of hydrogen-bond acceptors (Lipinski definition) is 3. The second kappa shape index (κ2) is 4.13. The number of phenolic OH excluding ortho intramolecular Hbond substituents is 1. The van der Waals surface area contributed by atoms with Gasteiger partial charge in [0, 0.05) is 5.92 Å². The first-order chi connectivity index (χ1) is 7.86. The first kappa shape index (κ1) is 12.6. The first-order valence-corrected chi connectivity index (χ1v) is 6.62. The lowest BCUT2D eigenvalue weighted by Crippen LogP contribution is -2.43. The Kier molecular flexibility index (Phi) is 3.06. The molecule has 17 heavy (non-hydrogen) atoms. The maximum absolute atomic E-state index is 9.87. The van der Waals surface area contributed by atoms with Crippen LogP contribution in [0.1, 0.15) is 30.5 Å². The zero-order valence-electron chi connectivity index (χ0n) is 10.9. The van der Waals surface area contributed by atoms with Crippen molar-refractivity contribution in [2.24, 2.45) is 5.92 Å². The summed E-state index contributed by atoms with van der Waals surface area (Å²) in [5.74, 6) is 2.48. The van der Waals surface area contributed by atoms with E-state index in [1.807, 2.05) is 19.9 Å². The molecule has 1 aromatic carbocycles. The second-order valence-corrected chi connectivity index (χ2v) is 5.79. The minimum absolute atomic E-state index is 0.192. The average Bonchev–Trinajstić information content (AvgIpc) is 2.26. The van der Waals surface area contributed by atoms with Gasteiger partial charge in [0.15, 0.2) is 0 Å². The fraction of sp³-hybridized carbons (Fsp3) is 0.571. The Morgan fingerprint density at radius 3 is 2.65 bits per heavy atom. The van der Waals surface area contributed by atoms with Crippen molar-refractivity contribution in [2.45, 2.75) is 39.7 Å². The topological polar surface area (TPSA) is 29.5 Å². The van der Waals surface area contributed by atoms with Gasteiger partial charge in [0.2, 0.25) is 0 Å². The molecule has 1 unspecified atom stereocenters. The molecule has 1 aliphatic rings. The van der Waals surface area contributed by atoms with Crippen molar-refractivity contribution in [2.75, 3.05) is 5.75 Å². The average molecular weight is 252 g/mol. The molecule has 0 saturated heterocycles. The summed E-state index contributed by atoms with van der Waals surface area (Å²) in [6.07, 6.45) is 0.917. The zero-order chi connectivity index (χ0) is 12.8. The van der Waals surface area contributed by atoms with Crippen LogP contribution in [0.15, 0.2) is 6.07 Å². The van der Waals surface area contributed by atoms with Gasteiger partial charge >= 0.3 is 0 Å². The second-order valence-electron chi connectivity index (χ2n) is 5.42. The Morgan fingerprint density at radius 2 is 2.06 bits per heavy atom. The molecule has 0 bridgehead atoms. The lowest BCUT2D eigenvalue weighted by molar-refractivity contribution is 0.0368. The maximum Gasteiger partial charge on any atom is 0.126 e. The van der Waals surface area contributed by atoms with Crippen LogP contribution < -0.4 is 4.74 Å². The van der Waals surface area contributed by atoms with Gasteiger partial charge in [-0.25, -0.2) is 0 Å². The molecular formula is C14H20O2S. The summed E-state index contributed by atoms with van der Waals surface area (Å²) in [7, 11) is 0. The summed E-state index contributed by atoms with van der Waals surface area (Å²) in [5.41, 5.74) is 2.86. The molecule has 1 aromatic rings. The minimum atomic E-state index is -0.192. The number of hydrogen-bond donors (Lipinski definition) is 2. The minimum Gasteiger partial charge on any atom is -0.508 e. The van der Waals surface area contributed by atoms with E-state index in [4.69, 9.17) is 4.74 Å². The maximum atomic E-state index is 9.87. The van der Waals surface area contributed by atoms with Crippen LogP contribution in [-0.2, 0) is 6.42 Å². The van der Waals surface area contributed by atoms with Crippen molar-refractivity contribution in [1.82, 2.24) is 0 Å². The Balaban J connectivity index is 2.53. The van der Waals surface area contributed by atoms with Crippen LogP contribution in [0.25, 0.3) is 0 Å². The number of benzene rings is 1. The third-order valence-electron chi connectivity index (χ3n) is 3.92. The summed E-state index contributed by atoms with van der Waals surface area (Å²) < 4.78 is 6.13. The Hall–Kier alpha value is -0.830. The quantitative estimate of drug-likeness (QED) is 0.751. The predicted molar refractivity (Wildman–Crippen MR) is 73.3 cm³/mol. The van der Waals surface area contributed by atoms with Crippen LogP contribution in [-0.4, -0.2) is 16.5 Å². The summed E-state index contributed by atoms with van der Waals surface area (Å²) in [4.78, 5) is 0. The highest BCUT2D eigenvalue weighted by Gasteiger charge is 2.37. The normalized spacial score (nSPS) is 21.8. The lowest BCUT2D eigenvalue weighted by atomic mass is 9.82. The molecule has 94 valence electrons. The van der Waals surface area contributed by atoms with Crippen LogP contribution in [0.3, 0.4) is 0 Å². The van der Waals surface area contributed by atoms with Crippen LogP contribution in [0.5, 0.6) is 11.5 Å². The number of thiol groups is 1. The standard InChI is InChI=1S/C14H20O2S/c1-8-9(2)13-10(6-12(8)15)5-11(7-17)14(3,4)16-13/h6,11,15,17H,5,7H2,1-4H3. The molecule has 1 atom stereocenters. The van der Waals surface area contributed by atoms with E-state index in [0.717, 1.165) is 34.6 Å². The Labute approximate surface area is 108 Å². The summed E-state index contributed by atoms with van der Waals surface area (Å²) in [6, 6.07) is 1.84. The molecule has 0 aliphatic carbocycles. The van der Waals surface area contributed by atoms with Crippen molar-refractivity contribution >= 4 is 12.6 Å². The summed E-state index contributed by atoms with van der Waals surface area (Å²) in [6.45, 7) is 8.15. The van der Waals surface area contributed by atoms with Crippen LogP contribution in [0.4, 0.5) is 0 Å². The van der Waals surface area contributed by atoms with Gasteiger partial charge in [0.05, 0.1) is 0 Å². The third-order valence-corrected chi connectivity index (χ3v) is 4.37. The molecule has 1 heterocycles. The van der Waals surface area contributed by atoms with Gasteiger partial charge in [0.1, 0.15) is 17.1 Å². The number of rotatable bonds is 1. The number of fused-ring (bicyclic) bond motifs is 1. The van der Waals surface area contributed by atoms with E-state index in [2.05, 4.69) is 26.5 Å². The van der Waals surface area contributed by atoms with Crippen molar-refractivity contribution in [3.05, 3.63) is 22.8 Å². The van der Waals surface area contributed by atoms with Crippen LogP contribution in [0.2, 0.25) is 0 Å². The van der Waals surface area contributed by atoms with Crippen molar-refractivity contribution < 1.29 is 9.84 Å². The van der Waals surface area contributed by atoms with E-state index in [1.54, 1.807) is 0 Å². The van der Waals surface area contributed by atoms with Crippen molar-refractivity contribution in [1.29, 1.82) is 0 Å². The summed E-state index contributed by atoms with van der Waals surface area (Å²) >= 11 is 4.40. The molecule has 1 aliphatic heterocycles. The van der Waals surface area contributed by atoms with Crippen LogP contribution >= 0.6 is 12.6 Å². The van der Waals surface area contributed by atoms with Gasteiger partial charge in [-0.1, -0.05) is 0 Å². The highest BCUT2D eigenvalue weighted by Crippen LogP contribution is 2.42. The summed E-state index contributed by atoms with van der Waals surface area (Å²) in [5, 5.41) is 9.87. The smallest absolute Gasteiger partial charge is 0.126 e. The molecular weight excluding hydrogens is 232 g/mol. The Bertz CT molecular complexity index is 452. The molecule has 0 amide bonds. The zero-order valence-corrected chi connectivity index (χ0v) is 11.8. The number of ether oxygens (including phenoxy) is 1. The van der Waals surface area contributed by atoms with Gasteiger partial charge in [-0.3, -0.25) is 0 Å². The molecule has 0 fully saturated rings. The molecule has 2 nitrogen and oxygen atoms in total. The first-order valence-electron chi connectivity index (χ1n) is 5.98. The highest BCUT2D eigenvalue weighted by molar-refractivity contribution is 7.80. The van der Waals surface area contributed by atoms with Gasteiger partial charge in [-0.05, 0) is 62.6 Å². The van der Waals surface area contributed by atoms with E-state index >= 15 is 0 Å². The molecule has 0 aromatic heterocycles. The van der Waals surface area contributed by atoms with E-state index in [9.17, 15) is 5.11 Å². The van der Waals surface area contributed by atoms with Crippen molar-refractivity contribution in [3.63, 3.8) is 0 Å². The highest BCUT2D eigenvalue weighted by atomic mass is 32.1. The van der Waals surface area contributed by atoms with E-state index < -0.39 is 0 Å². The largest absolute Gasteiger partial charge is 0.508 e. The van der Waals surface area contributed by atoms with Crippen LogP contribution in [0, 0.1) is 19.8 Å².